The lowest BCUT2D eigenvalue weighted by Crippen LogP contribution is -2.39. The number of nitrogens with zero attached hydrogens (tertiary/aromatic N) is 3. The lowest BCUT2D eigenvalue weighted by molar-refractivity contribution is 0.0306. The number of aryl methyl sites for hydroxylation is 1. The fourth-order valence-electron chi connectivity index (χ4n) is 3.24. The second-order valence-corrected chi connectivity index (χ2v) is 6.06. The molecule has 2 aliphatic heterocycles. The summed E-state index contributed by atoms with van der Waals surface area (Å²) in [6.45, 7) is 9.67. The van der Waals surface area contributed by atoms with E-state index in [-0.39, 0.29) is 0 Å². The maximum absolute atomic E-state index is 6.03. The van der Waals surface area contributed by atoms with Crippen LogP contribution in [0.1, 0.15) is 30.7 Å². The first kappa shape index (κ1) is 14.0. The van der Waals surface area contributed by atoms with Crippen molar-refractivity contribution in [3.8, 4) is 0 Å². The van der Waals surface area contributed by atoms with E-state index in [4.69, 9.17) is 4.74 Å². The van der Waals surface area contributed by atoms with Crippen LogP contribution in [0.5, 0.6) is 0 Å². The van der Waals surface area contributed by atoms with Crippen LogP contribution in [0.3, 0.4) is 0 Å². The van der Waals surface area contributed by atoms with Crippen LogP contribution in [0, 0.1) is 6.92 Å². The molecular formula is C15H26N4O. The number of hydrogen-bond donors (Lipinski definition) is 1. The van der Waals surface area contributed by atoms with Gasteiger partial charge in [0.1, 0.15) is 0 Å². The summed E-state index contributed by atoms with van der Waals surface area (Å²) in [6.07, 6.45) is 5.97. The van der Waals surface area contributed by atoms with E-state index in [0.717, 1.165) is 39.2 Å². The summed E-state index contributed by atoms with van der Waals surface area (Å²) < 4.78 is 6.03. The molecule has 1 aromatic rings. The minimum Gasteiger partial charge on any atom is -0.376 e. The summed E-state index contributed by atoms with van der Waals surface area (Å²) in [5.74, 6) is 0. The zero-order chi connectivity index (χ0) is 13.8. The molecule has 3 rings (SSSR count). The van der Waals surface area contributed by atoms with Crippen molar-refractivity contribution >= 4 is 0 Å². The number of nitrogens with one attached hydrogen (secondary N) is 1. The lowest BCUT2D eigenvalue weighted by atomic mass is 10.2. The molecule has 3 heterocycles. The van der Waals surface area contributed by atoms with Crippen molar-refractivity contribution in [2.45, 2.75) is 38.8 Å². The fraction of sp³-hybridized carbons (Fsp3) is 0.800. The third-order valence-corrected chi connectivity index (χ3v) is 4.40. The second kappa shape index (κ2) is 6.70. The molecule has 112 valence electrons. The van der Waals surface area contributed by atoms with Gasteiger partial charge in [-0.15, -0.1) is 0 Å². The van der Waals surface area contributed by atoms with Gasteiger partial charge in [0.25, 0.3) is 0 Å². The molecule has 1 N–H and O–H groups in total. The summed E-state index contributed by atoms with van der Waals surface area (Å²) in [7, 11) is 0. The molecule has 1 atom stereocenters. The minimum absolute atomic E-state index is 0.356. The molecule has 0 spiro atoms. The number of ether oxygens (including phenoxy) is 1. The average Bonchev–Trinajstić information content (AvgIpc) is 3.01. The Kier molecular flexibility index (Phi) is 4.70. The van der Waals surface area contributed by atoms with Crippen LogP contribution in [0.4, 0.5) is 0 Å². The lowest BCUT2D eigenvalue weighted by Gasteiger charge is -2.26. The Morgan fingerprint density at radius 3 is 2.80 bits per heavy atom. The number of aromatic amines is 1. The summed E-state index contributed by atoms with van der Waals surface area (Å²) in [4.78, 5) is 12.6. The first-order valence-corrected chi connectivity index (χ1v) is 7.86. The van der Waals surface area contributed by atoms with Gasteiger partial charge in [-0.3, -0.25) is 4.90 Å². The predicted molar refractivity (Wildman–Crippen MR) is 78.6 cm³/mol. The highest BCUT2D eigenvalue weighted by molar-refractivity contribution is 5.08. The molecule has 2 fully saturated rings. The molecule has 2 aliphatic rings. The quantitative estimate of drug-likeness (QED) is 0.904. The molecular weight excluding hydrogens is 252 g/mol. The van der Waals surface area contributed by atoms with Crippen molar-refractivity contribution in [2.75, 3.05) is 39.3 Å². The number of aromatic nitrogens is 2. The Labute approximate surface area is 121 Å². The van der Waals surface area contributed by atoms with E-state index in [1.807, 2.05) is 0 Å². The standard InChI is InChI=1S/C15H26N4O/c1-13-15(17-12-16-13)11-19-7-4-8-20-14(10-19)9-18-5-2-3-6-18/h12,14H,2-11H2,1H3,(H,16,17)/t14-/m0/s1. The van der Waals surface area contributed by atoms with E-state index in [1.165, 1.54) is 37.3 Å². The number of likely N-dealkylation sites (tertiary alicyclic amines) is 1. The van der Waals surface area contributed by atoms with Gasteiger partial charge in [-0.1, -0.05) is 0 Å². The maximum Gasteiger partial charge on any atom is 0.0925 e. The Morgan fingerprint density at radius 2 is 2.05 bits per heavy atom. The normalized spacial score (nSPS) is 25.9. The van der Waals surface area contributed by atoms with Gasteiger partial charge >= 0.3 is 0 Å². The van der Waals surface area contributed by atoms with E-state index in [2.05, 4.69) is 26.7 Å². The van der Waals surface area contributed by atoms with E-state index in [0.29, 0.717) is 6.10 Å². The molecule has 5 heteroatoms. The molecule has 2 saturated heterocycles. The molecule has 0 bridgehead atoms. The van der Waals surface area contributed by atoms with Gasteiger partial charge in [0.15, 0.2) is 0 Å². The number of imidazole rings is 1. The number of H-pyrrole nitrogens is 1. The summed E-state index contributed by atoms with van der Waals surface area (Å²) in [6, 6.07) is 0. The van der Waals surface area contributed by atoms with Crippen LogP contribution in [0.15, 0.2) is 6.33 Å². The molecule has 0 amide bonds. The van der Waals surface area contributed by atoms with Gasteiger partial charge in [0.2, 0.25) is 0 Å². The predicted octanol–water partition coefficient (Wildman–Crippen LogP) is 1.40. The SMILES string of the molecule is Cc1[nH]cnc1CN1CCCO[C@@H](CN2CCCC2)C1. The second-order valence-electron chi connectivity index (χ2n) is 6.06. The maximum atomic E-state index is 6.03. The highest BCUT2D eigenvalue weighted by atomic mass is 16.5. The smallest absolute Gasteiger partial charge is 0.0925 e. The Bertz CT molecular complexity index is 414. The van der Waals surface area contributed by atoms with Gasteiger partial charge in [-0.25, -0.2) is 4.98 Å². The largest absolute Gasteiger partial charge is 0.376 e. The molecule has 1 aromatic heterocycles. The highest BCUT2D eigenvalue weighted by Crippen LogP contribution is 2.14. The molecule has 0 unspecified atom stereocenters. The molecule has 20 heavy (non-hydrogen) atoms. The third-order valence-electron chi connectivity index (χ3n) is 4.40. The monoisotopic (exact) mass is 278 g/mol. The van der Waals surface area contributed by atoms with Crippen LogP contribution in [0.25, 0.3) is 0 Å². The van der Waals surface area contributed by atoms with Crippen molar-refractivity contribution in [2.24, 2.45) is 0 Å². The summed E-state index contributed by atoms with van der Waals surface area (Å²) in [5.41, 5.74) is 2.36. The van der Waals surface area contributed by atoms with Gasteiger partial charge < -0.3 is 14.6 Å². The highest BCUT2D eigenvalue weighted by Gasteiger charge is 2.23. The van der Waals surface area contributed by atoms with E-state index >= 15 is 0 Å². The fourth-order valence-corrected chi connectivity index (χ4v) is 3.24. The van der Waals surface area contributed by atoms with Gasteiger partial charge in [-0.05, 0) is 39.3 Å². The van der Waals surface area contributed by atoms with E-state index < -0.39 is 0 Å². The van der Waals surface area contributed by atoms with Crippen molar-refractivity contribution in [1.29, 1.82) is 0 Å². The van der Waals surface area contributed by atoms with Crippen molar-refractivity contribution in [3.05, 3.63) is 17.7 Å². The molecule has 0 aromatic carbocycles. The van der Waals surface area contributed by atoms with Crippen LogP contribution >= 0.6 is 0 Å². The first-order chi connectivity index (χ1) is 9.81. The van der Waals surface area contributed by atoms with Crippen molar-refractivity contribution in [1.82, 2.24) is 19.8 Å². The minimum atomic E-state index is 0.356. The zero-order valence-corrected chi connectivity index (χ0v) is 12.5. The Hall–Kier alpha value is -0.910. The zero-order valence-electron chi connectivity index (χ0n) is 12.5. The molecule has 0 radical (unpaired) electrons. The van der Waals surface area contributed by atoms with Crippen LogP contribution in [-0.2, 0) is 11.3 Å². The van der Waals surface area contributed by atoms with E-state index in [1.54, 1.807) is 6.33 Å². The Morgan fingerprint density at radius 1 is 1.25 bits per heavy atom. The van der Waals surface area contributed by atoms with Crippen LogP contribution in [0.2, 0.25) is 0 Å². The third kappa shape index (κ3) is 3.59. The molecule has 0 aliphatic carbocycles. The van der Waals surface area contributed by atoms with Crippen molar-refractivity contribution < 1.29 is 4.74 Å². The van der Waals surface area contributed by atoms with Gasteiger partial charge in [-0.2, -0.15) is 0 Å². The Balaban J connectivity index is 1.55. The van der Waals surface area contributed by atoms with Crippen molar-refractivity contribution in [3.63, 3.8) is 0 Å². The van der Waals surface area contributed by atoms with Gasteiger partial charge in [0, 0.05) is 38.5 Å². The average molecular weight is 278 g/mol. The van der Waals surface area contributed by atoms with Crippen LogP contribution < -0.4 is 0 Å². The van der Waals surface area contributed by atoms with Crippen LogP contribution in [-0.4, -0.2) is 65.2 Å². The molecule has 0 saturated carbocycles. The van der Waals surface area contributed by atoms with E-state index in [9.17, 15) is 0 Å². The first-order valence-electron chi connectivity index (χ1n) is 7.86. The summed E-state index contributed by atoms with van der Waals surface area (Å²) in [5, 5.41) is 0. The number of rotatable bonds is 4. The topological polar surface area (TPSA) is 44.4 Å². The molecule has 5 nitrogen and oxygen atoms in total. The summed E-state index contributed by atoms with van der Waals surface area (Å²) >= 11 is 0. The van der Waals surface area contributed by atoms with Gasteiger partial charge in [0.05, 0.1) is 18.1 Å². The number of hydrogen-bond acceptors (Lipinski definition) is 4.